The highest BCUT2D eigenvalue weighted by molar-refractivity contribution is 4.68. The first-order chi connectivity index (χ1) is 14.2. The molecule has 0 aromatic carbocycles. The normalized spacial score (nSPS) is 11.3. The van der Waals surface area contributed by atoms with Gasteiger partial charge in [-0.2, -0.15) is 5.26 Å². The van der Waals surface area contributed by atoms with Crippen LogP contribution in [0.25, 0.3) is 0 Å². The first-order valence-corrected chi connectivity index (χ1v) is 13.5. The van der Waals surface area contributed by atoms with Gasteiger partial charge in [0.25, 0.3) is 0 Å². The van der Waals surface area contributed by atoms with E-state index in [0.717, 1.165) is 11.0 Å². The number of unbranched alkanes of at least 4 members (excludes halogenated alkanes) is 17. The van der Waals surface area contributed by atoms with Crippen LogP contribution in [0.3, 0.4) is 0 Å². The predicted octanol–water partition coefficient (Wildman–Crippen LogP) is 5.80. The highest BCUT2D eigenvalue weighted by atomic mass is 35.5. The van der Waals surface area contributed by atoms with Gasteiger partial charge in [0.15, 0.2) is 0 Å². The lowest BCUT2D eigenvalue weighted by atomic mass is 10.0. The maximum absolute atomic E-state index is 8.89. The van der Waals surface area contributed by atoms with Crippen molar-refractivity contribution in [1.29, 1.82) is 5.26 Å². The largest absolute Gasteiger partial charge is 1.00 e. The Hall–Kier alpha value is -0.260. The van der Waals surface area contributed by atoms with E-state index < -0.39 is 0 Å². The SMILES string of the molecule is CCCCCCCCCCCCCCCCCCCC[N+](CC)(CC)CCC#N.[Cl-]. The lowest BCUT2D eigenvalue weighted by Crippen LogP contribution is -3.00. The zero-order valence-electron chi connectivity index (χ0n) is 21.0. The Bertz CT molecular complexity index is 360. The molecule has 0 saturated carbocycles. The standard InChI is InChI=1S/C27H55N2.ClH/c1-4-7-8-9-10-11-12-13-14-15-16-17-18-19-20-21-22-23-26-29(5-2,6-3)27-24-25-28;/h4-24,26-27H2,1-3H3;1H/q+1;/p-1. The second-order valence-corrected chi connectivity index (χ2v) is 9.34. The summed E-state index contributed by atoms with van der Waals surface area (Å²) in [6, 6.07) is 2.34. The van der Waals surface area contributed by atoms with Crippen LogP contribution in [-0.4, -0.2) is 30.7 Å². The third-order valence-corrected chi connectivity index (χ3v) is 7.03. The average molecular weight is 443 g/mol. The molecular formula is C27H55ClN2. The van der Waals surface area contributed by atoms with Gasteiger partial charge in [-0.15, -0.1) is 0 Å². The van der Waals surface area contributed by atoms with Gasteiger partial charge in [-0.25, -0.2) is 0 Å². The van der Waals surface area contributed by atoms with Crippen LogP contribution in [0.1, 0.15) is 143 Å². The molecule has 0 aromatic heterocycles. The summed E-state index contributed by atoms with van der Waals surface area (Å²) < 4.78 is 1.15. The molecule has 0 amide bonds. The van der Waals surface area contributed by atoms with E-state index in [4.69, 9.17) is 5.26 Å². The zero-order valence-corrected chi connectivity index (χ0v) is 21.8. The highest BCUT2D eigenvalue weighted by Gasteiger charge is 2.21. The summed E-state index contributed by atoms with van der Waals surface area (Å²) in [5, 5.41) is 8.89. The van der Waals surface area contributed by atoms with Gasteiger partial charge in [0.05, 0.1) is 38.7 Å². The molecule has 0 unspecified atom stereocenters. The van der Waals surface area contributed by atoms with E-state index in [1.165, 1.54) is 135 Å². The molecule has 3 heteroatoms. The molecule has 0 aromatic rings. The molecule has 2 nitrogen and oxygen atoms in total. The minimum Gasteiger partial charge on any atom is -1.00 e. The molecule has 0 aliphatic carbocycles. The van der Waals surface area contributed by atoms with Crippen LogP contribution in [-0.2, 0) is 0 Å². The van der Waals surface area contributed by atoms with Gasteiger partial charge in [-0.3, -0.25) is 0 Å². The van der Waals surface area contributed by atoms with Crippen molar-refractivity contribution in [2.24, 2.45) is 0 Å². The van der Waals surface area contributed by atoms with Crippen LogP contribution >= 0.6 is 0 Å². The Balaban J connectivity index is 0. The second-order valence-electron chi connectivity index (χ2n) is 9.34. The van der Waals surface area contributed by atoms with Gasteiger partial charge < -0.3 is 16.9 Å². The number of nitrogens with zero attached hydrogens (tertiary/aromatic N) is 2. The van der Waals surface area contributed by atoms with E-state index in [2.05, 4.69) is 26.8 Å². The molecule has 0 atom stereocenters. The van der Waals surface area contributed by atoms with E-state index in [0.29, 0.717) is 6.42 Å². The van der Waals surface area contributed by atoms with Crippen LogP contribution in [0.2, 0.25) is 0 Å². The summed E-state index contributed by atoms with van der Waals surface area (Å²) in [5.41, 5.74) is 0. The zero-order chi connectivity index (χ0) is 21.5. The van der Waals surface area contributed by atoms with Crippen molar-refractivity contribution in [3.8, 4) is 6.07 Å². The smallest absolute Gasteiger partial charge is 0.0918 e. The fraction of sp³-hybridized carbons (Fsp3) is 0.963. The molecular weight excluding hydrogens is 388 g/mol. The first-order valence-electron chi connectivity index (χ1n) is 13.5. The lowest BCUT2D eigenvalue weighted by Gasteiger charge is -2.36. The Morgan fingerprint density at radius 2 is 0.833 bits per heavy atom. The molecule has 0 aliphatic rings. The number of hydrogen-bond acceptors (Lipinski definition) is 1. The Labute approximate surface area is 197 Å². The van der Waals surface area contributed by atoms with Crippen molar-refractivity contribution in [3.63, 3.8) is 0 Å². The maximum atomic E-state index is 8.89. The minimum atomic E-state index is 0. The molecule has 0 bridgehead atoms. The predicted molar refractivity (Wildman–Crippen MR) is 130 cm³/mol. The molecule has 0 saturated heterocycles. The van der Waals surface area contributed by atoms with Crippen LogP contribution in [0, 0.1) is 11.3 Å². The third kappa shape index (κ3) is 19.7. The summed E-state index contributed by atoms with van der Waals surface area (Å²) >= 11 is 0. The van der Waals surface area contributed by atoms with Crippen LogP contribution in [0.5, 0.6) is 0 Å². The summed E-state index contributed by atoms with van der Waals surface area (Å²) in [5.74, 6) is 0. The van der Waals surface area contributed by atoms with Gasteiger partial charge in [0, 0.05) is 0 Å². The summed E-state index contributed by atoms with van der Waals surface area (Å²) in [7, 11) is 0. The highest BCUT2D eigenvalue weighted by Crippen LogP contribution is 2.15. The van der Waals surface area contributed by atoms with Crippen LogP contribution < -0.4 is 12.4 Å². The summed E-state index contributed by atoms with van der Waals surface area (Å²) in [6.45, 7) is 11.5. The van der Waals surface area contributed by atoms with E-state index >= 15 is 0 Å². The van der Waals surface area contributed by atoms with Crippen molar-refractivity contribution in [3.05, 3.63) is 0 Å². The number of halogens is 1. The second kappa shape index (κ2) is 25.0. The Kier molecular flexibility index (Phi) is 26.6. The topological polar surface area (TPSA) is 23.8 Å². The quantitative estimate of drug-likeness (QED) is 0.145. The van der Waals surface area contributed by atoms with E-state index in [-0.39, 0.29) is 12.4 Å². The van der Waals surface area contributed by atoms with Gasteiger partial charge in [-0.05, 0) is 26.7 Å². The van der Waals surface area contributed by atoms with Crippen molar-refractivity contribution >= 4 is 0 Å². The molecule has 0 radical (unpaired) electrons. The maximum Gasteiger partial charge on any atom is 0.0918 e. The van der Waals surface area contributed by atoms with Gasteiger partial charge in [0.1, 0.15) is 0 Å². The number of hydrogen-bond donors (Lipinski definition) is 0. The molecule has 0 N–H and O–H groups in total. The third-order valence-electron chi connectivity index (χ3n) is 7.03. The fourth-order valence-electron chi connectivity index (χ4n) is 4.60. The molecule has 0 spiro atoms. The monoisotopic (exact) mass is 442 g/mol. The minimum absolute atomic E-state index is 0. The molecule has 30 heavy (non-hydrogen) atoms. The summed E-state index contributed by atoms with van der Waals surface area (Å²) in [4.78, 5) is 0. The molecule has 0 heterocycles. The van der Waals surface area contributed by atoms with Crippen molar-refractivity contribution in [2.45, 2.75) is 143 Å². The molecule has 0 aliphatic heterocycles. The van der Waals surface area contributed by atoms with Crippen LogP contribution in [0.4, 0.5) is 0 Å². The fourth-order valence-corrected chi connectivity index (χ4v) is 4.60. The van der Waals surface area contributed by atoms with Crippen LogP contribution in [0.15, 0.2) is 0 Å². The van der Waals surface area contributed by atoms with E-state index in [1.807, 2.05) is 0 Å². The summed E-state index contributed by atoms with van der Waals surface area (Å²) in [6.07, 6.45) is 26.6. The van der Waals surface area contributed by atoms with Gasteiger partial charge >= 0.3 is 0 Å². The molecule has 0 rings (SSSR count). The van der Waals surface area contributed by atoms with E-state index in [9.17, 15) is 0 Å². The lowest BCUT2D eigenvalue weighted by molar-refractivity contribution is -0.924. The number of nitriles is 1. The number of rotatable bonds is 23. The van der Waals surface area contributed by atoms with Crippen molar-refractivity contribution in [2.75, 3.05) is 26.2 Å². The Morgan fingerprint density at radius 3 is 1.13 bits per heavy atom. The molecule has 0 fully saturated rings. The van der Waals surface area contributed by atoms with Gasteiger partial charge in [-0.1, -0.05) is 110 Å². The van der Waals surface area contributed by atoms with Crippen molar-refractivity contribution in [1.82, 2.24) is 0 Å². The first kappa shape index (κ1) is 31.9. The molecule has 180 valence electrons. The van der Waals surface area contributed by atoms with Gasteiger partial charge in [0.2, 0.25) is 0 Å². The average Bonchev–Trinajstić information content (AvgIpc) is 2.75. The van der Waals surface area contributed by atoms with Crippen molar-refractivity contribution < 1.29 is 16.9 Å². The van der Waals surface area contributed by atoms with E-state index in [1.54, 1.807) is 0 Å². The number of quaternary nitrogens is 1. The Morgan fingerprint density at radius 1 is 0.500 bits per heavy atom.